The van der Waals surface area contributed by atoms with Crippen molar-refractivity contribution in [3.63, 3.8) is 0 Å². The van der Waals surface area contributed by atoms with Gasteiger partial charge in [-0.2, -0.15) is 0 Å². The molecule has 6 heteroatoms. The molecule has 0 spiro atoms. The summed E-state index contributed by atoms with van der Waals surface area (Å²) in [5.74, 6) is -1.32. The minimum atomic E-state index is -0.836. The van der Waals surface area contributed by atoms with E-state index in [2.05, 4.69) is 5.32 Å². The molecule has 1 fully saturated rings. The van der Waals surface area contributed by atoms with Crippen molar-refractivity contribution in [2.45, 2.75) is 38.6 Å². The van der Waals surface area contributed by atoms with E-state index < -0.39 is 16.8 Å². The molecule has 1 aromatic rings. The molecule has 20 heavy (non-hydrogen) atoms. The molecule has 2 atom stereocenters. The fourth-order valence-electron chi connectivity index (χ4n) is 2.82. The Kier molecular flexibility index (Phi) is 4.22. The molecule has 1 aliphatic rings. The Morgan fingerprint density at radius 1 is 1.40 bits per heavy atom. The van der Waals surface area contributed by atoms with Gasteiger partial charge in [0.05, 0.1) is 10.8 Å². The molecule has 0 heterocycles. The number of hydrogen-bond acceptors (Lipinski definition) is 4. The van der Waals surface area contributed by atoms with Gasteiger partial charge in [0.2, 0.25) is 0 Å². The molecule has 0 aromatic heterocycles. The quantitative estimate of drug-likeness (QED) is 0.652. The number of anilines is 1. The first-order chi connectivity index (χ1) is 9.50. The van der Waals surface area contributed by atoms with Gasteiger partial charge in [0.25, 0.3) is 5.69 Å². The molecule has 0 radical (unpaired) electrons. The number of carbonyl (C=O) groups is 1. The third kappa shape index (κ3) is 2.89. The number of para-hydroxylation sites is 1. The molecule has 0 saturated heterocycles. The van der Waals surface area contributed by atoms with Crippen molar-refractivity contribution in [2.75, 3.05) is 5.32 Å². The molecule has 6 nitrogen and oxygen atoms in total. The largest absolute Gasteiger partial charge is 0.481 e. The molecule has 1 aliphatic carbocycles. The summed E-state index contributed by atoms with van der Waals surface area (Å²) < 4.78 is 0. The number of nitro benzene ring substituents is 1. The second-order valence-corrected chi connectivity index (χ2v) is 5.21. The van der Waals surface area contributed by atoms with Crippen molar-refractivity contribution in [3.8, 4) is 0 Å². The van der Waals surface area contributed by atoms with Gasteiger partial charge in [-0.25, -0.2) is 0 Å². The summed E-state index contributed by atoms with van der Waals surface area (Å²) in [7, 11) is 0. The summed E-state index contributed by atoms with van der Waals surface area (Å²) in [6.45, 7) is 1.68. The first kappa shape index (κ1) is 14.3. The third-order valence-electron chi connectivity index (χ3n) is 3.84. The number of aliphatic carboxylic acids is 1. The molecule has 2 N–H and O–H groups in total. The maximum Gasteiger partial charge on any atom is 0.308 e. The maximum atomic E-state index is 11.3. The van der Waals surface area contributed by atoms with E-state index in [-0.39, 0.29) is 11.7 Å². The highest BCUT2D eigenvalue weighted by atomic mass is 16.6. The normalized spacial score (nSPS) is 22.2. The maximum absolute atomic E-state index is 11.3. The van der Waals surface area contributed by atoms with Crippen LogP contribution >= 0.6 is 0 Å². The van der Waals surface area contributed by atoms with Gasteiger partial charge in [0.15, 0.2) is 0 Å². The highest BCUT2D eigenvalue weighted by Crippen LogP contribution is 2.33. The summed E-state index contributed by atoms with van der Waals surface area (Å²) in [6, 6.07) is 4.81. The molecule has 0 amide bonds. The number of benzene rings is 1. The number of nitrogens with zero attached hydrogens (tertiary/aromatic N) is 1. The van der Waals surface area contributed by atoms with Crippen molar-refractivity contribution in [2.24, 2.45) is 5.92 Å². The predicted molar refractivity (Wildman–Crippen MR) is 74.8 cm³/mol. The van der Waals surface area contributed by atoms with Crippen LogP contribution in [-0.4, -0.2) is 22.0 Å². The van der Waals surface area contributed by atoms with Gasteiger partial charge in [-0.3, -0.25) is 14.9 Å². The van der Waals surface area contributed by atoms with Crippen LogP contribution in [0.15, 0.2) is 18.2 Å². The SMILES string of the molecule is Cc1cccc(NC2CCCCC2C(=O)O)c1[N+](=O)[O-]. The average molecular weight is 278 g/mol. The zero-order chi connectivity index (χ0) is 14.7. The molecule has 2 unspecified atom stereocenters. The van der Waals surface area contributed by atoms with E-state index >= 15 is 0 Å². The number of carboxylic acids is 1. The van der Waals surface area contributed by atoms with E-state index in [0.29, 0.717) is 17.7 Å². The molecule has 0 bridgehead atoms. The Bertz CT molecular complexity index is 530. The smallest absolute Gasteiger partial charge is 0.308 e. The lowest BCUT2D eigenvalue weighted by Crippen LogP contribution is -2.37. The first-order valence-electron chi connectivity index (χ1n) is 6.74. The van der Waals surface area contributed by atoms with Crippen molar-refractivity contribution in [1.29, 1.82) is 0 Å². The summed E-state index contributed by atoms with van der Waals surface area (Å²) >= 11 is 0. The highest BCUT2D eigenvalue weighted by Gasteiger charge is 2.32. The topological polar surface area (TPSA) is 92.5 Å². The Morgan fingerprint density at radius 2 is 2.10 bits per heavy atom. The van der Waals surface area contributed by atoms with Crippen LogP contribution in [0, 0.1) is 23.0 Å². The van der Waals surface area contributed by atoms with E-state index in [1.165, 1.54) is 0 Å². The number of carboxylic acid groups (broad SMARTS) is 1. The van der Waals surface area contributed by atoms with Crippen LogP contribution in [0.5, 0.6) is 0 Å². The standard InChI is InChI=1S/C14H18N2O4/c1-9-5-4-8-12(13(9)16(19)20)15-11-7-3-2-6-10(11)14(17)18/h4-5,8,10-11,15H,2-3,6-7H2,1H3,(H,17,18). The van der Waals surface area contributed by atoms with E-state index in [1.54, 1.807) is 25.1 Å². The van der Waals surface area contributed by atoms with Crippen molar-refractivity contribution < 1.29 is 14.8 Å². The molecule has 2 rings (SSSR count). The lowest BCUT2D eigenvalue weighted by atomic mass is 9.84. The van der Waals surface area contributed by atoms with Gasteiger partial charge in [0, 0.05) is 11.6 Å². The van der Waals surface area contributed by atoms with Gasteiger partial charge < -0.3 is 10.4 Å². The van der Waals surface area contributed by atoms with Crippen molar-refractivity contribution in [1.82, 2.24) is 0 Å². The van der Waals surface area contributed by atoms with Gasteiger partial charge in [-0.15, -0.1) is 0 Å². The lowest BCUT2D eigenvalue weighted by molar-refractivity contribution is -0.384. The van der Waals surface area contributed by atoms with Crippen molar-refractivity contribution >= 4 is 17.3 Å². The third-order valence-corrected chi connectivity index (χ3v) is 3.84. The van der Waals surface area contributed by atoms with E-state index in [4.69, 9.17) is 0 Å². The zero-order valence-electron chi connectivity index (χ0n) is 11.3. The molecule has 0 aliphatic heterocycles. The van der Waals surface area contributed by atoms with Crippen LogP contribution in [0.2, 0.25) is 0 Å². The Balaban J connectivity index is 2.27. The second kappa shape index (κ2) is 5.90. The monoisotopic (exact) mass is 278 g/mol. The fraction of sp³-hybridized carbons (Fsp3) is 0.500. The summed E-state index contributed by atoms with van der Waals surface area (Å²) in [4.78, 5) is 22.0. The number of hydrogen-bond donors (Lipinski definition) is 2. The molecule has 1 saturated carbocycles. The van der Waals surface area contributed by atoms with Crippen molar-refractivity contribution in [3.05, 3.63) is 33.9 Å². The van der Waals surface area contributed by atoms with Gasteiger partial charge in [-0.05, 0) is 25.8 Å². The molecular formula is C14H18N2O4. The van der Waals surface area contributed by atoms with Gasteiger partial charge in [-0.1, -0.05) is 25.0 Å². The number of nitrogens with one attached hydrogen (secondary N) is 1. The second-order valence-electron chi connectivity index (χ2n) is 5.21. The zero-order valence-corrected chi connectivity index (χ0v) is 11.3. The number of rotatable bonds is 4. The summed E-state index contributed by atoms with van der Waals surface area (Å²) in [6.07, 6.45) is 3.18. The lowest BCUT2D eigenvalue weighted by Gasteiger charge is -2.30. The van der Waals surface area contributed by atoms with E-state index in [1.807, 2.05) is 0 Å². The van der Waals surface area contributed by atoms with Crippen LogP contribution in [0.4, 0.5) is 11.4 Å². The molecular weight excluding hydrogens is 260 g/mol. The van der Waals surface area contributed by atoms with E-state index in [9.17, 15) is 20.0 Å². The van der Waals surface area contributed by atoms with Crippen LogP contribution in [-0.2, 0) is 4.79 Å². The van der Waals surface area contributed by atoms with Crippen LogP contribution in [0.3, 0.4) is 0 Å². The number of aryl methyl sites for hydroxylation is 1. The Hall–Kier alpha value is -2.11. The molecule has 108 valence electrons. The predicted octanol–water partition coefficient (Wildman–Crippen LogP) is 2.96. The summed E-state index contributed by atoms with van der Waals surface area (Å²) in [5.41, 5.74) is 1.01. The average Bonchev–Trinajstić information content (AvgIpc) is 2.38. The Labute approximate surface area is 117 Å². The highest BCUT2D eigenvalue weighted by molar-refractivity contribution is 5.73. The van der Waals surface area contributed by atoms with Crippen LogP contribution < -0.4 is 5.32 Å². The van der Waals surface area contributed by atoms with Gasteiger partial charge >= 0.3 is 5.97 Å². The number of nitro groups is 1. The molecule has 1 aromatic carbocycles. The first-order valence-corrected chi connectivity index (χ1v) is 6.74. The minimum Gasteiger partial charge on any atom is -0.481 e. The fourth-order valence-corrected chi connectivity index (χ4v) is 2.82. The van der Waals surface area contributed by atoms with Crippen LogP contribution in [0.25, 0.3) is 0 Å². The summed E-state index contributed by atoms with van der Waals surface area (Å²) in [5, 5.41) is 23.5. The van der Waals surface area contributed by atoms with Crippen LogP contribution in [0.1, 0.15) is 31.2 Å². The Morgan fingerprint density at radius 3 is 2.75 bits per heavy atom. The van der Waals surface area contributed by atoms with E-state index in [0.717, 1.165) is 19.3 Å². The minimum absolute atomic E-state index is 0.0298. The van der Waals surface area contributed by atoms with Gasteiger partial charge in [0.1, 0.15) is 5.69 Å².